The summed E-state index contributed by atoms with van der Waals surface area (Å²) >= 11 is 1.42. The summed E-state index contributed by atoms with van der Waals surface area (Å²) in [6.45, 7) is 0.402. The Morgan fingerprint density at radius 3 is 2.19 bits per heavy atom. The summed E-state index contributed by atoms with van der Waals surface area (Å²) in [5.74, 6) is 0.380. The van der Waals surface area contributed by atoms with E-state index in [1.165, 1.54) is 30.0 Å². The molecule has 0 unspecified atom stereocenters. The van der Waals surface area contributed by atoms with E-state index in [2.05, 4.69) is 5.32 Å². The number of hydrogen-bond acceptors (Lipinski definition) is 4. The van der Waals surface area contributed by atoms with E-state index in [9.17, 15) is 14.9 Å². The molecule has 1 N–H and O–H groups in total. The summed E-state index contributed by atoms with van der Waals surface area (Å²) in [6, 6.07) is 23.7. The second-order valence-corrected chi connectivity index (χ2v) is 6.90. The summed E-state index contributed by atoms with van der Waals surface area (Å²) < 4.78 is 0. The third-order valence-electron chi connectivity index (χ3n) is 3.95. The van der Waals surface area contributed by atoms with Crippen molar-refractivity contribution < 1.29 is 9.72 Å². The molecule has 0 atom stereocenters. The fourth-order valence-electron chi connectivity index (χ4n) is 2.54. The highest BCUT2D eigenvalue weighted by molar-refractivity contribution is 7.98. The highest BCUT2D eigenvalue weighted by Crippen LogP contribution is 2.30. The van der Waals surface area contributed by atoms with Crippen molar-refractivity contribution in [1.82, 2.24) is 5.32 Å². The molecule has 0 heterocycles. The highest BCUT2D eigenvalue weighted by atomic mass is 32.2. The molecule has 5 nitrogen and oxygen atoms in total. The van der Waals surface area contributed by atoms with Gasteiger partial charge in [0, 0.05) is 29.3 Å². The van der Waals surface area contributed by atoms with Crippen molar-refractivity contribution in [2.24, 2.45) is 0 Å². The molecule has 0 radical (unpaired) electrons. The van der Waals surface area contributed by atoms with Crippen LogP contribution in [0.4, 0.5) is 5.69 Å². The quantitative estimate of drug-likeness (QED) is 0.363. The fourth-order valence-corrected chi connectivity index (χ4v) is 3.58. The number of carbonyl (C=O) groups excluding carboxylic acids is 1. The van der Waals surface area contributed by atoms with Crippen LogP contribution in [0.5, 0.6) is 0 Å². The first-order valence-corrected chi connectivity index (χ1v) is 9.39. The first-order valence-electron chi connectivity index (χ1n) is 8.41. The van der Waals surface area contributed by atoms with E-state index in [1.807, 2.05) is 60.7 Å². The van der Waals surface area contributed by atoms with Crippen LogP contribution in [-0.4, -0.2) is 10.8 Å². The molecule has 27 heavy (non-hydrogen) atoms. The van der Waals surface area contributed by atoms with Gasteiger partial charge in [-0.3, -0.25) is 14.9 Å². The molecule has 3 aromatic rings. The van der Waals surface area contributed by atoms with Crippen molar-refractivity contribution in [1.29, 1.82) is 0 Å². The molecular formula is C21H18N2O3S. The minimum atomic E-state index is -0.446. The van der Waals surface area contributed by atoms with E-state index < -0.39 is 4.92 Å². The van der Waals surface area contributed by atoms with Gasteiger partial charge in [0.2, 0.25) is 0 Å². The van der Waals surface area contributed by atoms with Crippen LogP contribution in [0, 0.1) is 10.1 Å². The van der Waals surface area contributed by atoms with E-state index in [1.54, 1.807) is 0 Å². The molecule has 3 rings (SSSR count). The molecule has 0 aromatic heterocycles. The first-order chi connectivity index (χ1) is 13.1. The van der Waals surface area contributed by atoms with Gasteiger partial charge in [0.05, 0.1) is 10.5 Å². The summed E-state index contributed by atoms with van der Waals surface area (Å²) in [6.07, 6.45) is 0. The highest BCUT2D eigenvalue weighted by Gasteiger charge is 2.16. The van der Waals surface area contributed by atoms with E-state index in [0.29, 0.717) is 22.8 Å². The van der Waals surface area contributed by atoms with Gasteiger partial charge in [-0.05, 0) is 17.2 Å². The number of amides is 1. The molecule has 6 heteroatoms. The van der Waals surface area contributed by atoms with Crippen LogP contribution in [0.25, 0.3) is 0 Å². The van der Waals surface area contributed by atoms with Crippen LogP contribution in [0.2, 0.25) is 0 Å². The Morgan fingerprint density at radius 1 is 0.926 bits per heavy atom. The molecule has 0 aliphatic rings. The second kappa shape index (κ2) is 9.00. The Bertz CT molecular complexity index is 931. The lowest BCUT2D eigenvalue weighted by molar-refractivity contribution is -0.385. The van der Waals surface area contributed by atoms with Crippen molar-refractivity contribution in [2.75, 3.05) is 0 Å². The Labute approximate surface area is 161 Å². The molecule has 0 aliphatic carbocycles. The molecule has 0 saturated carbocycles. The molecule has 0 bridgehead atoms. The van der Waals surface area contributed by atoms with Crippen LogP contribution in [0.1, 0.15) is 21.5 Å². The summed E-state index contributed by atoms with van der Waals surface area (Å²) in [4.78, 5) is 23.9. The minimum absolute atomic E-state index is 0.0230. The second-order valence-electron chi connectivity index (χ2n) is 5.88. The molecule has 0 spiro atoms. The Morgan fingerprint density at radius 2 is 1.56 bits per heavy atom. The molecule has 136 valence electrons. The average Bonchev–Trinajstić information content (AvgIpc) is 2.71. The van der Waals surface area contributed by atoms with Gasteiger partial charge in [-0.25, -0.2) is 0 Å². The van der Waals surface area contributed by atoms with Crippen LogP contribution in [0.15, 0.2) is 83.8 Å². The predicted molar refractivity (Wildman–Crippen MR) is 107 cm³/mol. The third kappa shape index (κ3) is 5.18. The molecular weight excluding hydrogens is 360 g/mol. The van der Waals surface area contributed by atoms with Crippen LogP contribution < -0.4 is 5.32 Å². The van der Waals surface area contributed by atoms with Crippen molar-refractivity contribution >= 4 is 23.4 Å². The number of non-ortho nitro benzene ring substituents is 1. The monoisotopic (exact) mass is 378 g/mol. The lowest BCUT2D eigenvalue weighted by Gasteiger charge is -2.10. The summed E-state index contributed by atoms with van der Waals surface area (Å²) in [7, 11) is 0. The maximum atomic E-state index is 12.6. The van der Waals surface area contributed by atoms with E-state index in [-0.39, 0.29) is 11.6 Å². The van der Waals surface area contributed by atoms with Crippen LogP contribution in [0.3, 0.4) is 0 Å². The normalized spacial score (nSPS) is 10.4. The zero-order valence-corrected chi connectivity index (χ0v) is 15.3. The van der Waals surface area contributed by atoms with Crippen LogP contribution in [-0.2, 0) is 12.3 Å². The fraction of sp³-hybridized carbons (Fsp3) is 0.0952. The SMILES string of the molecule is O=C(NCc1ccccc1)c1ccc([N+](=O)[O-])cc1SCc1ccccc1. The van der Waals surface area contributed by atoms with E-state index in [4.69, 9.17) is 0 Å². The zero-order chi connectivity index (χ0) is 19.1. The molecule has 3 aromatic carbocycles. The molecule has 0 aliphatic heterocycles. The van der Waals surface area contributed by atoms with Gasteiger partial charge in [0.1, 0.15) is 0 Å². The Balaban J connectivity index is 1.78. The number of nitrogens with one attached hydrogen (secondary N) is 1. The van der Waals surface area contributed by atoms with Crippen molar-refractivity contribution in [3.8, 4) is 0 Å². The number of thioether (sulfide) groups is 1. The van der Waals surface area contributed by atoms with Crippen LogP contribution >= 0.6 is 11.8 Å². The maximum Gasteiger partial charge on any atom is 0.270 e. The largest absolute Gasteiger partial charge is 0.348 e. The summed E-state index contributed by atoms with van der Waals surface area (Å²) in [5.41, 5.74) is 2.50. The lowest BCUT2D eigenvalue weighted by Crippen LogP contribution is -2.23. The lowest BCUT2D eigenvalue weighted by atomic mass is 10.1. The number of carbonyl (C=O) groups is 1. The van der Waals surface area contributed by atoms with Crippen molar-refractivity contribution in [3.63, 3.8) is 0 Å². The van der Waals surface area contributed by atoms with Crippen molar-refractivity contribution in [3.05, 3.63) is 106 Å². The zero-order valence-electron chi connectivity index (χ0n) is 14.5. The number of hydrogen-bond donors (Lipinski definition) is 1. The van der Waals surface area contributed by atoms with Gasteiger partial charge in [0.15, 0.2) is 0 Å². The average molecular weight is 378 g/mol. The number of rotatable bonds is 7. The van der Waals surface area contributed by atoms with Gasteiger partial charge in [-0.15, -0.1) is 11.8 Å². The topological polar surface area (TPSA) is 72.2 Å². The summed E-state index contributed by atoms with van der Waals surface area (Å²) in [5, 5.41) is 14.0. The predicted octanol–water partition coefficient (Wildman–Crippen LogP) is 4.82. The van der Waals surface area contributed by atoms with Crippen molar-refractivity contribution in [2.45, 2.75) is 17.2 Å². The third-order valence-corrected chi connectivity index (χ3v) is 5.08. The minimum Gasteiger partial charge on any atom is -0.348 e. The number of nitro benzene ring substituents is 1. The van der Waals surface area contributed by atoms with E-state index in [0.717, 1.165) is 11.1 Å². The first kappa shape index (κ1) is 18.7. The van der Waals surface area contributed by atoms with Gasteiger partial charge < -0.3 is 5.32 Å². The number of nitrogens with zero attached hydrogens (tertiary/aromatic N) is 1. The Kier molecular flexibility index (Phi) is 6.22. The van der Waals surface area contributed by atoms with E-state index >= 15 is 0 Å². The maximum absolute atomic E-state index is 12.6. The molecule has 0 fully saturated rings. The standard InChI is InChI=1S/C21H18N2O3S/c24-21(22-14-16-7-3-1-4-8-16)19-12-11-18(23(25)26)13-20(19)27-15-17-9-5-2-6-10-17/h1-13H,14-15H2,(H,22,24). The molecule has 1 amide bonds. The van der Waals surface area contributed by atoms with Gasteiger partial charge in [-0.1, -0.05) is 60.7 Å². The smallest absolute Gasteiger partial charge is 0.270 e. The number of benzene rings is 3. The van der Waals surface area contributed by atoms with Gasteiger partial charge in [-0.2, -0.15) is 0 Å². The van der Waals surface area contributed by atoms with Gasteiger partial charge >= 0.3 is 0 Å². The van der Waals surface area contributed by atoms with Gasteiger partial charge in [0.25, 0.3) is 11.6 Å². The number of nitro groups is 1. The Hall–Kier alpha value is -3.12. The molecule has 0 saturated heterocycles.